The first kappa shape index (κ1) is 30.3. The van der Waals surface area contributed by atoms with E-state index in [9.17, 15) is 0 Å². The molecular weight excluding hydrogens is 414 g/mol. The zero-order valence-corrected chi connectivity index (χ0v) is 22.4. The van der Waals surface area contributed by atoms with Crippen molar-refractivity contribution in [2.24, 2.45) is 5.73 Å². The minimum atomic E-state index is -0.187. The van der Waals surface area contributed by atoms with E-state index in [-0.39, 0.29) is 5.41 Å². The van der Waals surface area contributed by atoms with Gasteiger partial charge in [0.25, 0.3) is 0 Å². The van der Waals surface area contributed by atoms with Crippen molar-refractivity contribution in [2.45, 2.75) is 98.8 Å². The summed E-state index contributed by atoms with van der Waals surface area (Å²) < 4.78 is 0. The maximum Gasteiger partial charge on any atom is 0.128 e. The van der Waals surface area contributed by atoms with Gasteiger partial charge in [-0.05, 0) is 61.1 Å². The van der Waals surface area contributed by atoms with Crippen molar-refractivity contribution < 1.29 is 0 Å². The topological polar surface area (TPSA) is 51.8 Å². The quantitative estimate of drug-likeness (QED) is 0.305. The fourth-order valence-corrected chi connectivity index (χ4v) is 3.57. The molecule has 2 rings (SSSR count). The Bertz CT molecular complexity index is 742. The standard InChI is InChI=1S/C23H31ClN2.C3H8.C2H7N/c1-6-8-10-11-20-17(3)13-18(14-21(20)24)23(4,5)19-15-25-22(26-16-19)12-9-7-2;1-3-2;1-2-3/h7,13-16H,2,6,8-12H2,1,3-5H3;3H2,1-2H3;2-3H2,1H3. The molecule has 0 saturated heterocycles. The molecule has 0 atom stereocenters. The van der Waals surface area contributed by atoms with Crippen LogP contribution in [-0.4, -0.2) is 16.5 Å². The van der Waals surface area contributed by atoms with Crippen LogP contribution in [0.25, 0.3) is 0 Å². The van der Waals surface area contributed by atoms with Crippen LogP contribution < -0.4 is 5.73 Å². The number of aryl methyl sites for hydroxylation is 2. The highest BCUT2D eigenvalue weighted by Gasteiger charge is 2.25. The number of nitrogens with zero attached hydrogens (tertiary/aromatic N) is 2. The number of allylic oxidation sites excluding steroid dienone is 1. The Hall–Kier alpha value is -1.71. The summed E-state index contributed by atoms with van der Waals surface area (Å²) in [5.41, 5.74) is 9.54. The zero-order valence-electron chi connectivity index (χ0n) is 21.6. The highest BCUT2D eigenvalue weighted by atomic mass is 35.5. The monoisotopic (exact) mass is 459 g/mol. The number of unbranched alkanes of at least 4 members (excludes halogenated alkanes) is 2. The first-order chi connectivity index (χ1) is 15.2. The summed E-state index contributed by atoms with van der Waals surface area (Å²) in [6.45, 7) is 19.5. The lowest BCUT2D eigenvalue weighted by Crippen LogP contribution is -2.20. The maximum atomic E-state index is 6.65. The molecule has 180 valence electrons. The van der Waals surface area contributed by atoms with Gasteiger partial charge in [0.15, 0.2) is 0 Å². The van der Waals surface area contributed by atoms with Gasteiger partial charge in [-0.3, -0.25) is 0 Å². The van der Waals surface area contributed by atoms with Crippen LogP contribution in [0.1, 0.15) is 102 Å². The summed E-state index contributed by atoms with van der Waals surface area (Å²) in [6, 6.07) is 4.40. The Morgan fingerprint density at radius 3 is 2.03 bits per heavy atom. The van der Waals surface area contributed by atoms with Crippen LogP contribution >= 0.6 is 11.6 Å². The van der Waals surface area contributed by atoms with E-state index in [1.807, 2.05) is 25.4 Å². The van der Waals surface area contributed by atoms with Crippen LogP contribution in [0.5, 0.6) is 0 Å². The lowest BCUT2D eigenvalue weighted by molar-refractivity contribution is 0.628. The van der Waals surface area contributed by atoms with E-state index in [2.05, 4.69) is 70.2 Å². The van der Waals surface area contributed by atoms with Crippen LogP contribution in [-0.2, 0) is 18.3 Å². The number of halogens is 1. The Morgan fingerprint density at radius 2 is 1.56 bits per heavy atom. The van der Waals surface area contributed by atoms with Crippen molar-refractivity contribution in [1.29, 1.82) is 0 Å². The molecule has 0 aliphatic heterocycles. The zero-order chi connectivity index (χ0) is 24.6. The van der Waals surface area contributed by atoms with Gasteiger partial charge in [0.2, 0.25) is 0 Å². The van der Waals surface area contributed by atoms with E-state index in [0.717, 1.165) is 42.2 Å². The third-order valence-corrected chi connectivity index (χ3v) is 5.51. The Morgan fingerprint density at radius 1 is 1.00 bits per heavy atom. The molecular formula is C28H46ClN3. The van der Waals surface area contributed by atoms with Crippen molar-refractivity contribution in [3.05, 3.63) is 70.3 Å². The van der Waals surface area contributed by atoms with Gasteiger partial charge in [-0.1, -0.05) is 84.5 Å². The van der Waals surface area contributed by atoms with Crippen molar-refractivity contribution in [1.82, 2.24) is 9.97 Å². The van der Waals surface area contributed by atoms with Crippen molar-refractivity contribution >= 4 is 11.6 Å². The summed E-state index contributed by atoms with van der Waals surface area (Å²) in [5.74, 6) is 0.866. The first-order valence-corrected chi connectivity index (χ1v) is 12.5. The molecule has 0 amide bonds. The van der Waals surface area contributed by atoms with Crippen LogP contribution in [0.3, 0.4) is 0 Å². The molecule has 1 heterocycles. The summed E-state index contributed by atoms with van der Waals surface area (Å²) in [6.07, 6.45) is 13.5. The van der Waals surface area contributed by atoms with E-state index in [1.165, 1.54) is 42.4 Å². The molecule has 0 spiro atoms. The van der Waals surface area contributed by atoms with Crippen molar-refractivity contribution in [3.8, 4) is 0 Å². The third kappa shape index (κ3) is 10.3. The van der Waals surface area contributed by atoms with Gasteiger partial charge in [0, 0.05) is 29.3 Å². The molecule has 0 aliphatic rings. The molecule has 32 heavy (non-hydrogen) atoms. The molecule has 1 aromatic carbocycles. The Labute approximate surface area is 202 Å². The van der Waals surface area contributed by atoms with Gasteiger partial charge in [-0.25, -0.2) is 9.97 Å². The largest absolute Gasteiger partial charge is 0.331 e. The van der Waals surface area contributed by atoms with Gasteiger partial charge in [0.05, 0.1) is 0 Å². The average Bonchev–Trinajstić information content (AvgIpc) is 2.75. The lowest BCUT2D eigenvalue weighted by Gasteiger charge is -2.27. The second-order valence-corrected chi connectivity index (χ2v) is 9.07. The normalized spacial score (nSPS) is 10.5. The molecule has 2 N–H and O–H groups in total. The highest BCUT2D eigenvalue weighted by molar-refractivity contribution is 6.31. The smallest absolute Gasteiger partial charge is 0.128 e. The van der Waals surface area contributed by atoms with E-state index in [1.54, 1.807) is 0 Å². The molecule has 2 aromatic rings. The lowest BCUT2D eigenvalue weighted by atomic mass is 9.78. The van der Waals surface area contributed by atoms with Gasteiger partial charge in [-0.2, -0.15) is 0 Å². The molecule has 0 unspecified atom stereocenters. The van der Waals surface area contributed by atoms with Gasteiger partial charge >= 0.3 is 0 Å². The van der Waals surface area contributed by atoms with Crippen molar-refractivity contribution in [3.63, 3.8) is 0 Å². The van der Waals surface area contributed by atoms with Gasteiger partial charge in [0.1, 0.15) is 5.82 Å². The first-order valence-electron chi connectivity index (χ1n) is 12.1. The molecule has 0 bridgehead atoms. The summed E-state index contributed by atoms with van der Waals surface area (Å²) in [7, 11) is 0. The van der Waals surface area contributed by atoms with Gasteiger partial charge < -0.3 is 5.73 Å². The van der Waals surface area contributed by atoms with E-state index < -0.39 is 0 Å². The Kier molecular flexibility index (Phi) is 16.0. The molecule has 0 radical (unpaired) electrons. The van der Waals surface area contributed by atoms with E-state index in [0.29, 0.717) is 0 Å². The van der Waals surface area contributed by atoms with Crippen LogP contribution in [0.2, 0.25) is 5.02 Å². The summed E-state index contributed by atoms with van der Waals surface area (Å²) in [5, 5.41) is 0.882. The summed E-state index contributed by atoms with van der Waals surface area (Å²) in [4.78, 5) is 9.06. The molecule has 0 saturated carbocycles. The number of rotatable bonds is 9. The van der Waals surface area contributed by atoms with Crippen LogP contribution in [0, 0.1) is 6.92 Å². The molecule has 1 aromatic heterocycles. The number of nitrogens with two attached hydrogens (primary N) is 1. The number of aromatic nitrogens is 2. The third-order valence-electron chi connectivity index (χ3n) is 5.17. The van der Waals surface area contributed by atoms with Crippen molar-refractivity contribution in [2.75, 3.05) is 6.54 Å². The molecule has 0 aliphatic carbocycles. The maximum absolute atomic E-state index is 6.65. The fraction of sp³-hybridized carbons (Fsp3) is 0.571. The predicted octanol–water partition coefficient (Wildman–Crippen LogP) is 8.00. The number of hydrogen-bond donors (Lipinski definition) is 1. The second kappa shape index (κ2) is 16.9. The van der Waals surface area contributed by atoms with Crippen LogP contribution in [0.15, 0.2) is 37.2 Å². The minimum Gasteiger partial charge on any atom is -0.331 e. The second-order valence-electron chi connectivity index (χ2n) is 8.67. The molecule has 4 heteroatoms. The number of benzene rings is 1. The van der Waals surface area contributed by atoms with Gasteiger partial charge in [-0.15, -0.1) is 6.58 Å². The molecule has 3 nitrogen and oxygen atoms in total. The average molecular weight is 460 g/mol. The van der Waals surface area contributed by atoms with E-state index in [4.69, 9.17) is 17.3 Å². The summed E-state index contributed by atoms with van der Waals surface area (Å²) >= 11 is 6.65. The molecule has 0 fully saturated rings. The SMILES string of the molecule is C=CCCc1ncc(C(C)(C)c2cc(C)c(CCCCC)c(Cl)c2)cn1.CCC.CCN. The minimum absolute atomic E-state index is 0.187. The van der Waals surface area contributed by atoms with Crippen LogP contribution in [0.4, 0.5) is 0 Å². The predicted molar refractivity (Wildman–Crippen MR) is 143 cm³/mol. The fourth-order valence-electron chi connectivity index (χ4n) is 3.21. The highest BCUT2D eigenvalue weighted by Crippen LogP contribution is 2.35. The van der Waals surface area contributed by atoms with E-state index >= 15 is 0 Å². The Balaban J connectivity index is 0.00000144. The number of hydrogen-bond acceptors (Lipinski definition) is 3.